The van der Waals surface area contributed by atoms with Gasteiger partial charge in [-0.2, -0.15) is 0 Å². The van der Waals surface area contributed by atoms with E-state index in [1.165, 1.54) is 0 Å². The van der Waals surface area contributed by atoms with Crippen molar-refractivity contribution in [3.63, 3.8) is 0 Å². The Hall–Kier alpha value is -0.530. The minimum Gasteiger partial charge on any atom is -0.465 e. The average Bonchev–Trinajstić information content (AvgIpc) is 2.10. The van der Waals surface area contributed by atoms with Crippen LogP contribution < -0.4 is 0 Å². The van der Waals surface area contributed by atoms with Crippen LogP contribution >= 0.6 is 0 Å². The highest BCUT2D eigenvalue weighted by Gasteiger charge is 2.12. The topological polar surface area (TPSA) is 26.3 Å². The molecule has 0 rings (SSSR count). The number of hydrogen-bond donors (Lipinski definition) is 0. The Morgan fingerprint density at radius 2 is 2.00 bits per heavy atom. The maximum atomic E-state index is 11.2. The normalized spacial score (nSPS) is 12.6. The van der Waals surface area contributed by atoms with Gasteiger partial charge in [0.15, 0.2) is 0 Å². The van der Waals surface area contributed by atoms with Gasteiger partial charge in [-0.15, -0.1) is 0 Å². The molecule has 0 aliphatic rings. The highest BCUT2D eigenvalue weighted by molar-refractivity contribution is 5.71. The van der Waals surface area contributed by atoms with Gasteiger partial charge in [0, 0.05) is 0 Å². The first-order valence-electron chi connectivity index (χ1n) is 4.89. The Morgan fingerprint density at radius 3 is 2.50 bits per heavy atom. The highest BCUT2D eigenvalue weighted by Crippen LogP contribution is 2.09. The van der Waals surface area contributed by atoms with E-state index in [-0.39, 0.29) is 11.9 Å². The first kappa shape index (κ1) is 11.5. The van der Waals surface area contributed by atoms with Crippen LogP contribution in [0.2, 0.25) is 0 Å². The molecule has 0 aromatic carbocycles. The predicted molar refractivity (Wildman–Crippen MR) is 49.9 cm³/mol. The van der Waals surface area contributed by atoms with Crippen LogP contribution in [0.15, 0.2) is 0 Å². The molecule has 0 amide bonds. The molecular weight excluding hydrogens is 152 g/mol. The molecule has 1 unspecified atom stereocenters. The number of rotatable bonds is 6. The first-order chi connectivity index (χ1) is 5.72. The van der Waals surface area contributed by atoms with Gasteiger partial charge in [-0.3, -0.25) is 4.79 Å². The monoisotopic (exact) mass is 172 g/mol. The molecule has 1 atom stereocenters. The third-order valence-corrected chi connectivity index (χ3v) is 1.84. The quantitative estimate of drug-likeness (QED) is 0.576. The molecule has 2 nitrogen and oxygen atoms in total. The molecule has 0 saturated heterocycles. The molecule has 2 heteroatoms. The fourth-order valence-electron chi connectivity index (χ4n) is 0.973. The van der Waals surface area contributed by atoms with Crippen molar-refractivity contribution in [1.29, 1.82) is 0 Å². The largest absolute Gasteiger partial charge is 0.465 e. The van der Waals surface area contributed by atoms with Crippen molar-refractivity contribution in [1.82, 2.24) is 0 Å². The Morgan fingerprint density at radius 1 is 1.33 bits per heavy atom. The number of hydrogen-bond acceptors (Lipinski definition) is 2. The fourth-order valence-corrected chi connectivity index (χ4v) is 0.973. The molecule has 0 aliphatic heterocycles. The van der Waals surface area contributed by atoms with Crippen molar-refractivity contribution >= 4 is 5.97 Å². The van der Waals surface area contributed by atoms with Gasteiger partial charge in [0.1, 0.15) is 0 Å². The molecule has 0 saturated carbocycles. The lowest BCUT2D eigenvalue weighted by Crippen LogP contribution is -2.15. The van der Waals surface area contributed by atoms with E-state index in [9.17, 15) is 4.79 Å². The molecule has 0 spiro atoms. The molecule has 0 N–H and O–H groups in total. The van der Waals surface area contributed by atoms with Crippen LogP contribution in [0.4, 0.5) is 0 Å². The second-order valence-corrected chi connectivity index (χ2v) is 3.21. The Balaban J connectivity index is 3.47. The van der Waals surface area contributed by atoms with E-state index < -0.39 is 0 Å². The van der Waals surface area contributed by atoms with E-state index in [2.05, 4.69) is 6.92 Å². The van der Waals surface area contributed by atoms with Crippen molar-refractivity contribution in [3.05, 3.63) is 0 Å². The van der Waals surface area contributed by atoms with Crippen molar-refractivity contribution in [2.24, 2.45) is 5.92 Å². The summed E-state index contributed by atoms with van der Waals surface area (Å²) in [6.07, 6.45) is 4.12. The van der Waals surface area contributed by atoms with Gasteiger partial charge in [-0.05, 0) is 12.8 Å². The van der Waals surface area contributed by atoms with Crippen LogP contribution in [0.3, 0.4) is 0 Å². The SMILES string of the molecule is CCCCC(C)C(=O)OCCC. The lowest BCUT2D eigenvalue weighted by Gasteiger charge is -2.09. The third kappa shape index (κ3) is 5.16. The van der Waals surface area contributed by atoms with E-state index in [0.717, 1.165) is 25.7 Å². The zero-order valence-electron chi connectivity index (χ0n) is 8.43. The summed E-state index contributed by atoms with van der Waals surface area (Å²) in [4.78, 5) is 11.2. The van der Waals surface area contributed by atoms with Gasteiger partial charge < -0.3 is 4.74 Å². The second kappa shape index (κ2) is 7.14. The summed E-state index contributed by atoms with van der Waals surface area (Å²) in [5, 5.41) is 0. The molecule has 12 heavy (non-hydrogen) atoms. The van der Waals surface area contributed by atoms with Gasteiger partial charge in [-0.25, -0.2) is 0 Å². The van der Waals surface area contributed by atoms with Crippen LogP contribution in [0, 0.1) is 5.92 Å². The molecule has 0 heterocycles. The van der Waals surface area contributed by atoms with Crippen molar-refractivity contribution in [2.45, 2.75) is 46.5 Å². The summed E-state index contributed by atoms with van der Waals surface area (Å²) in [6, 6.07) is 0. The number of carbonyl (C=O) groups excluding carboxylic acids is 1. The molecule has 0 aromatic heterocycles. The summed E-state index contributed by atoms with van der Waals surface area (Å²) in [5.41, 5.74) is 0. The van der Waals surface area contributed by atoms with E-state index in [0.29, 0.717) is 6.61 Å². The van der Waals surface area contributed by atoms with Crippen molar-refractivity contribution in [3.8, 4) is 0 Å². The minimum atomic E-state index is -0.0368. The zero-order valence-corrected chi connectivity index (χ0v) is 8.43. The first-order valence-corrected chi connectivity index (χ1v) is 4.89. The van der Waals surface area contributed by atoms with E-state index >= 15 is 0 Å². The van der Waals surface area contributed by atoms with Crippen LogP contribution in [0.5, 0.6) is 0 Å². The van der Waals surface area contributed by atoms with E-state index in [1.54, 1.807) is 0 Å². The summed E-state index contributed by atoms with van der Waals surface area (Å²) in [5.74, 6) is 0.0433. The number of esters is 1. The van der Waals surface area contributed by atoms with Crippen LogP contribution in [0.1, 0.15) is 46.5 Å². The van der Waals surface area contributed by atoms with Crippen LogP contribution in [-0.4, -0.2) is 12.6 Å². The van der Waals surface area contributed by atoms with Gasteiger partial charge >= 0.3 is 5.97 Å². The minimum absolute atomic E-state index is 0.0368. The zero-order chi connectivity index (χ0) is 9.40. The molecular formula is C10H20O2. The Kier molecular flexibility index (Phi) is 6.82. The maximum Gasteiger partial charge on any atom is 0.308 e. The standard InChI is InChI=1S/C10H20O2/c1-4-6-7-9(3)10(11)12-8-5-2/h9H,4-8H2,1-3H3. The van der Waals surface area contributed by atoms with Crippen molar-refractivity contribution in [2.75, 3.05) is 6.61 Å². The summed E-state index contributed by atoms with van der Waals surface area (Å²) in [7, 11) is 0. The Labute approximate surface area is 75.3 Å². The number of carbonyl (C=O) groups is 1. The fraction of sp³-hybridized carbons (Fsp3) is 0.900. The molecule has 0 radical (unpaired) electrons. The van der Waals surface area contributed by atoms with Crippen LogP contribution in [0.25, 0.3) is 0 Å². The smallest absolute Gasteiger partial charge is 0.308 e. The maximum absolute atomic E-state index is 11.2. The molecule has 0 bridgehead atoms. The number of ether oxygens (including phenoxy) is 1. The third-order valence-electron chi connectivity index (χ3n) is 1.84. The lowest BCUT2D eigenvalue weighted by molar-refractivity contribution is -0.148. The van der Waals surface area contributed by atoms with Crippen molar-refractivity contribution < 1.29 is 9.53 Å². The lowest BCUT2D eigenvalue weighted by atomic mass is 10.1. The van der Waals surface area contributed by atoms with E-state index in [4.69, 9.17) is 4.74 Å². The van der Waals surface area contributed by atoms with Crippen LogP contribution in [-0.2, 0) is 9.53 Å². The summed E-state index contributed by atoms with van der Waals surface area (Å²) >= 11 is 0. The summed E-state index contributed by atoms with van der Waals surface area (Å²) < 4.78 is 5.01. The summed E-state index contributed by atoms with van der Waals surface area (Å²) in [6.45, 7) is 6.64. The van der Waals surface area contributed by atoms with E-state index in [1.807, 2.05) is 13.8 Å². The van der Waals surface area contributed by atoms with Gasteiger partial charge in [-0.1, -0.05) is 33.6 Å². The molecule has 0 aromatic rings. The van der Waals surface area contributed by atoms with Gasteiger partial charge in [0.25, 0.3) is 0 Å². The molecule has 72 valence electrons. The molecule has 0 fully saturated rings. The predicted octanol–water partition coefficient (Wildman–Crippen LogP) is 2.77. The van der Waals surface area contributed by atoms with Gasteiger partial charge in [0.05, 0.1) is 12.5 Å². The average molecular weight is 172 g/mol. The second-order valence-electron chi connectivity index (χ2n) is 3.21. The van der Waals surface area contributed by atoms with Gasteiger partial charge in [0.2, 0.25) is 0 Å². The highest BCUT2D eigenvalue weighted by atomic mass is 16.5. The number of unbranched alkanes of at least 4 members (excludes halogenated alkanes) is 1. The Bertz CT molecular complexity index is 121. The molecule has 0 aliphatic carbocycles.